The number of nitrogens with zero attached hydrogens (tertiary/aromatic N) is 1. The summed E-state index contributed by atoms with van der Waals surface area (Å²) in [6.45, 7) is -1.59. The molecule has 1 fully saturated rings. The van der Waals surface area contributed by atoms with Gasteiger partial charge in [0.25, 0.3) is 0 Å². The highest BCUT2D eigenvalue weighted by Crippen LogP contribution is 2.20. The lowest BCUT2D eigenvalue weighted by Crippen LogP contribution is -2.48. The van der Waals surface area contributed by atoms with E-state index in [2.05, 4.69) is 10.1 Å². The van der Waals surface area contributed by atoms with Crippen LogP contribution in [0.5, 0.6) is 0 Å². The monoisotopic (exact) mass is 678 g/mol. The Morgan fingerprint density at radius 3 is 1.98 bits per heavy atom. The SMILES string of the molecule is O=C(C[C@@H](CCc1ccccc1)C(=O)N[C@@H](COC(F)F)C(=O)C[C@@H](Cc1ccccc1)C(=O)OCc1ccccc1)CN1CCOCC1. The number of hydrogen-bond donors (Lipinski definition) is 1. The molecule has 262 valence electrons. The fraction of sp³-hybridized carbons (Fsp3) is 0.421. The highest BCUT2D eigenvalue weighted by Gasteiger charge is 2.32. The van der Waals surface area contributed by atoms with E-state index in [1.807, 2.05) is 71.6 Å². The molecule has 1 N–H and O–H groups in total. The van der Waals surface area contributed by atoms with Crippen molar-refractivity contribution in [3.63, 3.8) is 0 Å². The molecule has 4 rings (SSSR count). The summed E-state index contributed by atoms with van der Waals surface area (Å²) in [5.74, 6) is -3.83. The van der Waals surface area contributed by atoms with Crippen molar-refractivity contribution in [2.24, 2.45) is 11.8 Å². The Kier molecular flexibility index (Phi) is 15.5. The normalized spacial score (nSPS) is 15.2. The van der Waals surface area contributed by atoms with Crippen LogP contribution in [0.2, 0.25) is 0 Å². The largest absolute Gasteiger partial charge is 0.461 e. The van der Waals surface area contributed by atoms with E-state index in [1.54, 1.807) is 24.3 Å². The first-order valence-electron chi connectivity index (χ1n) is 16.6. The minimum absolute atomic E-state index is 0.00458. The summed E-state index contributed by atoms with van der Waals surface area (Å²) in [5.41, 5.74) is 2.51. The van der Waals surface area contributed by atoms with E-state index < -0.39 is 48.8 Å². The molecule has 0 radical (unpaired) electrons. The number of Topliss-reactive ketones (excluding diaryl/α,β-unsaturated/α-hetero) is 2. The summed E-state index contributed by atoms with van der Waals surface area (Å²) >= 11 is 0. The van der Waals surface area contributed by atoms with Gasteiger partial charge >= 0.3 is 12.6 Å². The molecule has 1 saturated heterocycles. The van der Waals surface area contributed by atoms with Crippen LogP contribution in [0.25, 0.3) is 0 Å². The molecule has 0 unspecified atom stereocenters. The molecule has 0 spiro atoms. The van der Waals surface area contributed by atoms with Gasteiger partial charge in [0.15, 0.2) is 5.78 Å². The number of carbonyl (C=O) groups is 4. The number of morpholine rings is 1. The van der Waals surface area contributed by atoms with Gasteiger partial charge in [0.05, 0.1) is 32.3 Å². The average Bonchev–Trinajstić information content (AvgIpc) is 3.12. The summed E-state index contributed by atoms with van der Waals surface area (Å²) in [5, 5.41) is 2.60. The van der Waals surface area contributed by atoms with Gasteiger partial charge in [-0.05, 0) is 36.0 Å². The second-order valence-electron chi connectivity index (χ2n) is 12.2. The van der Waals surface area contributed by atoms with Crippen LogP contribution in [0.15, 0.2) is 91.0 Å². The Morgan fingerprint density at radius 1 is 0.776 bits per heavy atom. The fourth-order valence-electron chi connectivity index (χ4n) is 5.70. The molecule has 9 nitrogen and oxygen atoms in total. The van der Waals surface area contributed by atoms with Crippen LogP contribution in [0.1, 0.15) is 36.0 Å². The van der Waals surface area contributed by atoms with Gasteiger partial charge in [-0.2, -0.15) is 8.78 Å². The first-order chi connectivity index (χ1) is 23.8. The van der Waals surface area contributed by atoms with E-state index in [1.165, 1.54) is 0 Å². The molecule has 1 aliphatic rings. The topological polar surface area (TPSA) is 111 Å². The van der Waals surface area contributed by atoms with Crippen molar-refractivity contribution in [2.75, 3.05) is 39.5 Å². The molecule has 3 aromatic rings. The lowest BCUT2D eigenvalue weighted by atomic mass is 9.91. The second-order valence-corrected chi connectivity index (χ2v) is 12.2. The Balaban J connectivity index is 1.48. The number of halogens is 2. The summed E-state index contributed by atoms with van der Waals surface area (Å²) in [4.78, 5) is 55.9. The summed E-state index contributed by atoms with van der Waals surface area (Å²) in [7, 11) is 0. The maximum absolute atomic E-state index is 13.7. The number of ether oxygens (including phenoxy) is 3. The van der Waals surface area contributed by atoms with Crippen molar-refractivity contribution in [3.8, 4) is 0 Å². The number of esters is 1. The van der Waals surface area contributed by atoms with Crippen LogP contribution in [-0.4, -0.2) is 80.5 Å². The number of aryl methyl sites for hydroxylation is 1. The third kappa shape index (κ3) is 13.6. The Morgan fingerprint density at radius 2 is 1.37 bits per heavy atom. The second kappa shape index (κ2) is 20.3. The van der Waals surface area contributed by atoms with Crippen LogP contribution in [-0.2, 0) is 52.8 Å². The number of carbonyl (C=O) groups excluding carboxylic acids is 4. The van der Waals surface area contributed by atoms with E-state index >= 15 is 0 Å². The molecule has 0 aliphatic carbocycles. The van der Waals surface area contributed by atoms with Crippen molar-refractivity contribution in [3.05, 3.63) is 108 Å². The maximum atomic E-state index is 13.7. The number of rotatable bonds is 20. The number of hydrogen-bond acceptors (Lipinski definition) is 8. The van der Waals surface area contributed by atoms with Crippen LogP contribution >= 0.6 is 0 Å². The predicted molar refractivity (Wildman–Crippen MR) is 179 cm³/mol. The first-order valence-corrected chi connectivity index (χ1v) is 16.6. The van der Waals surface area contributed by atoms with Gasteiger partial charge in [-0.25, -0.2) is 0 Å². The number of amides is 1. The molecule has 1 amide bonds. The number of alkyl halides is 2. The highest BCUT2D eigenvalue weighted by molar-refractivity contribution is 5.93. The van der Waals surface area contributed by atoms with Gasteiger partial charge in [0.1, 0.15) is 18.4 Å². The van der Waals surface area contributed by atoms with E-state index in [-0.39, 0.29) is 38.2 Å². The van der Waals surface area contributed by atoms with Crippen LogP contribution < -0.4 is 5.32 Å². The lowest BCUT2D eigenvalue weighted by Gasteiger charge is -2.27. The van der Waals surface area contributed by atoms with Crippen molar-refractivity contribution in [1.82, 2.24) is 10.2 Å². The third-order valence-electron chi connectivity index (χ3n) is 8.40. The number of ketones is 2. The molecule has 3 atom stereocenters. The fourth-order valence-corrected chi connectivity index (χ4v) is 5.70. The standard InChI is InChI=1S/C38H44F2N2O7/c39-38(40)49-27-34(35(44)24-32(22-29-12-6-2-7-13-29)37(46)48-26-30-14-8-3-9-15-30)41-36(45)31(17-16-28-10-4-1-5-11-28)23-33(43)25-42-18-20-47-21-19-42/h1-15,31-32,34,38H,16-27H2,(H,41,45)/t31-,32-,34+/m1/s1. The molecule has 11 heteroatoms. The van der Waals surface area contributed by atoms with Crippen LogP contribution in [0.4, 0.5) is 8.78 Å². The molecule has 49 heavy (non-hydrogen) atoms. The van der Waals surface area contributed by atoms with Crippen LogP contribution in [0.3, 0.4) is 0 Å². The number of nitrogens with one attached hydrogen (secondary N) is 1. The maximum Gasteiger partial charge on any atom is 0.345 e. The molecule has 0 aromatic heterocycles. The molecule has 0 bridgehead atoms. The third-order valence-corrected chi connectivity index (χ3v) is 8.40. The Labute approximate surface area is 285 Å². The lowest BCUT2D eigenvalue weighted by molar-refractivity contribution is -0.154. The van der Waals surface area contributed by atoms with Gasteiger partial charge in [-0.3, -0.25) is 24.1 Å². The zero-order valence-corrected chi connectivity index (χ0v) is 27.5. The zero-order valence-electron chi connectivity index (χ0n) is 27.5. The van der Waals surface area contributed by atoms with Gasteiger partial charge in [0, 0.05) is 31.8 Å². The summed E-state index contributed by atoms with van der Waals surface area (Å²) in [6, 6.07) is 26.1. The smallest absolute Gasteiger partial charge is 0.345 e. The van der Waals surface area contributed by atoms with Crippen molar-refractivity contribution >= 4 is 23.4 Å². The van der Waals surface area contributed by atoms with E-state index in [4.69, 9.17) is 9.47 Å². The Bertz CT molecular complexity index is 1450. The van der Waals surface area contributed by atoms with E-state index in [0.29, 0.717) is 39.1 Å². The van der Waals surface area contributed by atoms with Crippen molar-refractivity contribution < 1.29 is 42.2 Å². The summed E-state index contributed by atoms with van der Waals surface area (Å²) in [6.07, 6.45) is 0.470. The summed E-state index contributed by atoms with van der Waals surface area (Å²) < 4.78 is 41.9. The molecule has 3 aromatic carbocycles. The quantitative estimate of drug-likeness (QED) is 0.170. The minimum atomic E-state index is -3.19. The molecular weight excluding hydrogens is 634 g/mol. The van der Waals surface area contributed by atoms with Gasteiger partial charge in [-0.15, -0.1) is 0 Å². The molecule has 1 heterocycles. The predicted octanol–water partition coefficient (Wildman–Crippen LogP) is 4.81. The van der Waals surface area contributed by atoms with Gasteiger partial charge < -0.3 is 19.5 Å². The Hall–Kier alpha value is -4.32. The van der Waals surface area contributed by atoms with Gasteiger partial charge in [0.2, 0.25) is 5.91 Å². The molecule has 0 saturated carbocycles. The average molecular weight is 679 g/mol. The number of benzene rings is 3. The van der Waals surface area contributed by atoms with Crippen molar-refractivity contribution in [2.45, 2.75) is 51.4 Å². The van der Waals surface area contributed by atoms with E-state index in [0.717, 1.165) is 16.7 Å². The van der Waals surface area contributed by atoms with Crippen molar-refractivity contribution in [1.29, 1.82) is 0 Å². The molecular formula is C38H44F2N2O7. The molecule has 1 aliphatic heterocycles. The van der Waals surface area contributed by atoms with Gasteiger partial charge in [-0.1, -0.05) is 91.0 Å². The minimum Gasteiger partial charge on any atom is -0.461 e. The zero-order chi connectivity index (χ0) is 34.8. The first kappa shape index (κ1) is 37.5. The highest BCUT2D eigenvalue weighted by atomic mass is 19.3. The van der Waals surface area contributed by atoms with E-state index in [9.17, 15) is 28.0 Å². The van der Waals surface area contributed by atoms with Crippen LogP contribution in [0, 0.1) is 11.8 Å².